The average Bonchev–Trinajstić information content (AvgIpc) is 3.84. The normalized spacial score (nSPS) is 24.5. The van der Waals surface area contributed by atoms with Gasteiger partial charge in [0.2, 0.25) is 0 Å². The van der Waals surface area contributed by atoms with Crippen molar-refractivity contribution in [2.24, 2.45) is 5.92 Å². The monoisotopic (exact) mass is 490 g/mol. The summed E-state index contributed by atoms with van der Waals surface area (Å²) in [5.74, 6) is 3.20. The van der Waals surface area contributed by atoms with E-state index in [0.29, 0.717) is 24.5 Å². The summed E-state index contributed by atoms with van der Waals surface area (Å²) < 4.78 is 23.2. The number of hydrogen-bond donors (Lipinski definition) is 0. The first-order valence-electron chi connectivity index (χ1n) is 14.1. The molecule has 194 valence electrons. The summed E-state index contributed by atoms with van der Waals surface area (Å²) >= 11 is 0. The van der Waals surface area contributed by atoms with E-state index in [4.69, 9.17) is 18.9 Å². The number of ether oxygens (including phenoxy) is 4. The van der Waals surface area contributed by atoms with E-state index in [1.807, 2.05) is 0 Å². The first kappa shape index (κ1) is 25.4. The molecule has 2 heterocycles. The molecule has 2 aromatic carbocycles. The topological polar surface area (TPSA) is 43.5 Å². The van der Waals surface area contributed by atoms with E-state index in [1.54, 1.807) is 0 Å². The molecule has 0 radical (unpaired) electrons. The number of rotatable bonds is 14. The van der Waals surface area contributed by atoms with Crippen LogP contribution < -0.4 is 9.47 Å². The van der Waals surface area contributed by atoms with Crippen molar-refractivity contribution in [2.75, 3.05) is 19.8 Å². The first-order valence-corrected chi connectivity index (χ1v) is 14.1. The van der Waals surface area contributed by atoms with Crippen LogP contribution in [0.2, 0.25) is 0 Å². The summed E-state index contributed by atoms with van der Waals surface area (Å²) in [4.78, 5) is 0. The molecule has 3 aliphatic rings. The molecule has 2 saturated heterocycles. The molecular weight excluding hydrogens is 448 g/mol. The van der Waals surface area contributed by atoms with Gasteiger partial charge in [-0.1, -0.05) is 69.9 Å². The molecule has 0 aromatic heterocycles. The lowest BCUT2D eigenvalue weighted by Crippen LogP contribution is -2.26. The minimum absolute atomic E-state index is 0.163. The molecule has 0 spiro atoms. The molecule has 0 N–H and O–H groups in total. The maximum Gasteiger partial charge on any atom is 0.127 e. The predicted octanol–water partition coefficient (Wildman–Crippen LogP) is 7.57. The quantitative estimate of drug-likeness (QED) is 0.256. The van der Waals surface area contributed by atoms with E-state index in [1.165, 1.54) is 48.8 Å². The fraction of sp³-hybridized carbons (Fsp3) is 0.562. The van der Waals surface area contributed by atoms with Crippen LogP contribution in [0.4, 0.5) is 0 Å². The Hall–Kier alpha value is -2.30. The van der Waals surface area contributed by atoms with Gasteiger partial charge in [0.1, 0.15) is 36.4 Å². The van der Waals surface area contributed by atoms with Crippen molar-refractivity contribution in [3.8, 4) is 11.5 Å². The molecule has 1 aliphatic carbocycles. The molecule has 0 saturated carbocycles. The maximum absolute atomic E-state index is 6.55. The van der Waals surface area contributed by atoms with Gasteiger partial charge in [-0.05, 0) is 78.5 Å². The van der Waals surface area contributed by atoms with Gasteiger partial charge >= 0.3 is 0 Å². The Bertz CT molecular complexity index is 989. The molecular formula is C32H42O4. The van der Waals surface area contributed by atoms with Crippen LogP contribution in [0.25, 0.3) is 5.57 Å². The van der Waals surface area contributed by atoms with Crippen LogP contribution in [-0.4, -0.2) is 38.1 Å². The molecule has 0 amide bonds. The number of hydrogen-bond acceptors (Lipinski definition) is 4. The molecule has 2 fully saturated rings. The van der Waals surface area contributed by atoms with Crippen LogP contribution in [0.15, 0.2) is 54.6 Å². The average molecular weight is 491 g/mol. The van der Waals surface area contributed by atoms with Gasteiger partial charge in [-0.15, -0.1) is 0 Å². The summed E-state index contributed by atoms with van der Waals surface area (Å²) in [6.07, 6.45) is 12.6. The van der Waals surface area contributed by atoms with Crippen LogP contribution in [0.3, 0.4) is 0 Å². The van der Waals surface area contributed by atoms with Crippen molar-refractivity contribution < 1.29 is 18.9 Å². The Kier molecular flexibility index (Phi) is 8.66. The number of unbranched alkanes of at least 4 members (excludes halogenated alkanes) is 1. The van der Waals surface area contributed by atoms with E-state index < -0.39 is 0 Å². The summed E-state index contributed by atoms with van der Waals surface area (Å²) in [6, 6.07) is 17.4. The Morgan fingerprint density at radius 1 is 1.00 bits per heavy atom. The molecule has 5 unspecified atom stereocenters. The van der Waals surface area contributed by atoms with Crippen molar-refractivity contribution in [1.82, 2.24) is 0 Å². The smallest absolute Gasteiger partial charge is 0.127 e. The van der Waals surface area contributed by atoms with E-state index >= 15 is 0 Å². The van der Waals surface area contributed by atoms with Crippen molar-refractivity contribution >= 4 is 5.57 Å². The van der Waals surface area contributed by atoms with Gasteiger partial charge in [-0.2, -0.15) is 0 Å². The van der Waals surface area contributed by atoms with Crippen molar-refractivity contribution in [3.63, 3.8) is 0 Å². The second-order valence-electron chi connectivity index (χ2n) is 10.7. The lowest BCUT2D eigenvalue weighted by atomic mass is 9.82. The molecule has 2 aromatic rings. The van der Waals surface area contributed by atoms with E-state index in [-0.39, 0.29) is 12.2 Å². The summed E-state index contributed by atoms with van der Waals surface area (Å²) in [7, 11) is 0. The van der Waals surface area contributed by atoms with Crippen LogP contribution in [0, 0.1) is 5.92 Å². The maximum atomic E-state index is 6.55. The lowest BCUT2D eigenvalue weighted by Gasteiger charge is -2.24. The van der Waals surface area contributed by atoms with Crippen LogP contribution in [0.1, 0.15) is 82.3 Å². The molecule has 5 rings (SSSR count). The zero-order valence-electron chi connectivity index (χ0n) is 22.0. The second kappa shape index (κ2) is 12.3. The highest BCUT2D eigenvalue weighted by molar-refractivity contribution is 5.67. The highest BCUT2D eigenvalue weighted by Gasteiger charge is 2.36. The number of allylic oxidation sites excluding steroid dienone is 2. The summed E-state index contributed by atoms with van der Waals surface area (Å²) in [5, 5.41) is 0. The molecule has 0 bridgehead atoms. The SMILES string of the molecule is CCCCC(CC)CC(Oc1cccc(C2=CCC(c3ccc(OCC4CO4)cc3)CC2)c1)C1CO1. The van der Waals surface area contributed by atoms with E-state index in [0.717, 1.165) is 44.0 Å². The molecule has 36 heavy (non-hydrogen) atoms. The van der Waals surface area contributed by atoms with E-state index in [2.05, 4.69) is 68.5 Å². The molecule has 4 heteroatoms. The van der Waals surface area contributed by atoms with E-state index in [9.17, 15) is 0 Å². The highest BCUT2D eigenvalue weighted by atomic mass is 16.6. The van der Waals surface area contributed by atoms with Gasteiger partial charge in [-0.3, -0.25) is 0 Å². The van der Waals surface area contributed by atoms with Crippen molar-refractivity contribution in [2.45, 2.75) is 89.4 Å². The third-order valence-corrected chi connectivity index (χ3v) is 7.98. The minimum Gasteiger partial charge on any atom is -0.491 e. The third kappa shape index (κ3) is 7.14. The van der Waals surface area contributed by atoms with Crippen LogP contribution in [-0.2, 0) is 9.47 Å². The Morgan fingerprint density at radius 2 is 1.83 bits per heavy atom. The van der Waals surface area contributed by atoms with Gasteiger partial charge in [0.25, 0.3) is 0 Å². The predicted molar refractivity (Wildman–Crippen MR) is 145 cm³/mol. The fourth-order valence-corrected chi connectivity index (χ4v) is 5.39. The Labute approximate surface area is 217 Å². The molecule has 4 nitrogen and oxygen atoms in total. The zero-order valence-corrected chi connectivity index (χ0v) is 22.0. The fourth-order valence-electron chi connectivity index (χ4n) is 5.39. The number of benzene rings is 2. The minimum atomic E-state index is 0.163. The second-order valence-corrected chi connectivity index (χ2v) is 10.7. The Morgan fingerprint density at radius 3 is 2.50 bits per heavy atom. The standard InChI is InChI=1S/C32H42O4/c1-3-5-7-23(4-2)18-31(32-22-35-32)36-29-9-6-8-27(19-29)26-12-10-24(11-13-26)25-14-16-28(17-15-25)33-20-30-21-34-30/h6,8-9,12,14-17,19,23-24,30-32H,3-5,7,10-11,13,18,20-22H2,1-2H3. The summed E-state index contributed by atoms with van der Waals surface area (Å²) in [6.45, 7) is 6.91. The van der Waals surface area contributed by atoms with Crippen molar-refractivity contribution in [1.29, 1.82) is 0 Å². The molecule has 2 aliphatic heterocycles. The van der Waals surface area contributed by atoms with Crippen LogP contribution in [0.5, 0.6) is 11.5 Å². The summed E-state index contributed by atoms with van der Waals surface area (Å²) in [5.41, 5.74) is 4.14. The zero-order chi connectivity index (χ0) is 24.7. The number of epoxide rings is 2. The largest absolute Gasteiger partial charge is 0.491 e. The highest BCUT2D eigenvalue weighted by Crippen LogP contribution is 2.38. The van der Waals surface area contributed by atoms with Gasteiger partial charge in [0, 0.05) is 0 Å². The Balaban J connectivity index is 1.17. The van der Waals surface area contributed by atoms with Crippen molar-refractivity contribution in [3.05, 3.63) is 65.7 Å². The van der Waals surface area contributed by atoms with Crippen LogP contribution >= 0.6 is 0 Å². The van der Waals surface area contributed by atoms with Gasteiger partial charge in [0.05, 0.1) is 13.2 Å². The first-order chi connectivity index (χ1) is 17.7. The molecule has 5 atom stereocenters. The van der Waals surface area contributed by atoms with Gasteiger partial charge in [0.15, 0.2) is 0 Å². The lowest BCUT2D eigenvalue weighted by molar-refractivity contribution is 0.127. The third-order valence-electron chi connectivity index (χ3n) is 7.98. The van der Waals surface area contributed by atoms with Gasteiger partial charge < -0.3 is 18.9 Å². The van der Waals surface area contributed by atoms with Gasteiger partial charge in [-0.25, -0.2) is 0 Å².